The Morgan fingerprint density at radius 2 is 1.78 bits per heavy atom. The lowest BCUT2D eigenvalue weighted by atomic mass is 10.2. The van der Waals surface area contributed by atoms with Gasteiger partial charge in [-0.1, -0.05) is 17.7 Å². The van der Waals surface area contributed by atoms with Crippen LogP contribution in [0.3, 0.4) is 0 Å². The van der Waals surface area contributed by atoms with Crippen molar-refractivity contribution >= 4 is 17.3 Å². The molecule has 0 fully saturated rings. The van der Waals surface area contributed by atoms with Crippen molar-refractivity contribution in [2.75, 3.05) is 45.4 Å². The fourth-order valence-corrected chi connectivity index (χ4v) is 2.01. The van der Waals surface area contributed by atoms with Crippen molar-refractivity contribution in [1.29, 1.82) is 0 Å². The molecule has 0 aliphatic rings. The van der Waals surface area contributed by atoms with Gasteiger partial charge < -0.3 is 20.1 Å². The molecule has 18 heavy (non-hydrogen) atoms. The molecule has 0 bridgehead atoms. The van der Waals surface area contributed by atoms with Crippen LogP contribution in [-0.2, 0) is 16.0 Å². The molecule has 0 unspecified atom stereocenters. The molecule has 0 heterocycles. The quantitative estimate of drug-likeness (QED) is 0.785. The number of hydrogen-bond acceptors (Lipinski definition) is 4. The molecule has 0 atom stereocenters. The van der Waals surface area contributed by atoms with Crippen LogP contribution in [-0.4, -0.2) is 40.5 Å². The summed E-state index contributed by atoms with van der Waals surface area (Å²) in [6.07, 6.45) is 0. The van der Waals surface area contributed by atoms with Crippen molar-refractivity contribution in [2.45, 2.75) is 6.54 Å². The first kappa shape index (κ1) is 15.2. The summed E-state index contributed by atoms with van der Waals surface area (Å²) in [5.41, 5.74) is 7.61. The van der Waals surface area contributed by atoms with Gasteiger partial charge in [0, 0.05) is 33.9 Å². The molecule has 0 saturated heterocycles. The first-order chi connectivity index (χ1) is 8.72. The van der Waals surface area contributed by atoms with Gasteiger partial charge in [-0.2, -0.15) is 0 Å². The third-order valence-electron chi connectivity index (χ3n) is 2.72. The highest BCUT2D eigenvalue weighted by Gasteiger charge is 2.10. The fourth-order valence-electron chi connectivity index (χ4n) is 1.69. The second kappa shape index (κ2) is 8.32. The fraction of sp³-hybridized carbons (Fsp3) is 0.538. The van der Waals surface area contributed by atoms with Crippen LogP contribution in [0.15, 0.2) is 18.2 Å². The summed E-state index contributed by atoms with van der Waals surface area (Å²) in [6, 6.07) is 5.90. The molecule has 4 nitrogen and oxygen atoms in total. The van der Waals surface area contributed by atoms with Crippen molar-refractivity contribution in [3.63, 3.8) is 0 Å². The number of rotatable bonds is 8. The van der Waals surface area contributed by atoms with Gasteiger partial charge in [-0.15, -0.1) is 0 Å². The van der Waals surface area contributed by atoms with E-state index in [-0.39, 0.29) is 0 Å². The Balaban J connectivity index is 2.82. The van der Waals surface area contributed by atoms with Crippen LogP contribution in [0, 0.1) is 0 Å². The maximum absolute atomic E-state index is 6.28. The van der Waals surface area contributed by atoms with Gasteiger partial charge in [0.2, 0.25) is 0 Å². The highest BCUT2D eigenvalue weighted by molar-refractivity contribution is 6.33. The van der Waals surface area contributed by atoms with E-state index in [9.17, 15) is 0 Å². The van der Waals surface area contributed by atoms with Gasteiger partial charge in [-0.3, -0.25) is 0 Å². The van der Waals surface area contributed by atoms with Crippen LogP contribution >= 0.6 is 11.6 Å². The zero-order valence-corrected chi connectivity index (χ0v) is 11.7. The summed E-state index contributed by atoms with van der Waals surface area (Å²) >= 11 is 6.28. The molecule has 5 heteroatoms. The molecule has 102 valence electrons. The number of benzene rings is 1. The number of nitrogens with zero attached hydrogens (tertiary/aromatic N) is 1. The smallest absolute Gasteiger partial charge is 0.0642 e. The SMILES string of the molecule is COCCN(CCOC)c1ccc(CN)cc1Cl. The van der Waals surface area contributed by atoms with Gasteiger partial charge in [0.15, 0.2) is 0 Å². The third-order valence-corrected chi connectivity index (χ3v) is 3.02. The zero-order chi connectivity index (χ0) is 13.4. The third kappa shape index (κ3) is 4.46. The summed E-state index contributed by atoms with van der Waals surface area (Å²) in [6.45, 7) is 3.36. The van der Waals surface area contributed by atoms with Gasteiger partial charge in [0.1, 0.15) is 0 Å². The molecule has 0 amide bonds. The van der Waals surface area contributed by atoms with Crippen LogP contribution in [0.2, 0.25) is 5.02 Å². The van der Waals surface area contributed by atoms with E-state index >= 15 is 0 Å². The lowest BCUT2D eigenvalue weighted by molar-refractivity contribution is 0.190. The molecule has 0 aliphatic heterocycles. The largest absolute Gasteiger partial charge is 0.383 e. The van der Waals surface area contributed by atoms with E-state index < -0.39 is 0 Å². The maximum atomic E-state index is 6.28. The van der Waals surface area contributed by atoms with Gasteiger partial charge >= 0.3 is 0 Å². The molecule has 0 aromatic heterocycles. The van der Waals surface area contributed by atoms with Gasteiger partial charge in [0.05, 0.1) is 23.9 Å². The normalized spacial score (nSPS) is 10.7. The van der Waals surface area contributed by atoms with Crippen LogP contribution < -0.4 is 10.6 Å². The second-order valence-electron chi connectivity index (χ2n) is 3.96. The van der Waals surface area contributed by atoms with Crippen molar-refractivity contribution < 1.29 is 9.47 Å². The number of halogens is 1. The van der Waals surface area contributed by atoms with Crippen LogP contribution in [0.4, 0.5) is 5.69 Å². The van der Waals surface area contributed by atoms with E-state index in [1.54, 1.807) is 14.2 Å². The van der Waals surface area contributed by atoms with Crippen LogP contribution in [0.25, 0.3) is 0 Å². The molecule has 1 rings (SSSR count). The summed E-state index contributed by atoms with van der Waals surface area (Å²) in [7, 11) is 3.38. The number of ether oxygens (including phenoxy) is 2. The predicted octanol–water partition coefficient (Wildman–Crippen LogP) is 1.90. The minimum Gasteiger partial charge on any atom is -0.383 e. The van der Waals surface area contributed by atoms with Crippen LogP contribution in [0.1, 0.15) is 5.56 Å². The molecule has 2 N–H and O–H groups in total. The van der Waals surface area contributed by atoms with Gasteiger partial charge in [0.25, 0.3) is 0 Å². The van der Waals surface area contributed by atoms with Crippen LogP contribution in [0.5, 0.6) is 0 Å². The van der Waals surface area contributed by atoms with Crippen molar-refractivity contribution in [3.05, 3.63) is 28.8 Å². The monoisotopic (exact) mass is 272 g/mol. The summed E-state index contributed by atoms with van der Waals surface area (Å²) in [5, 5.41) is 0.713. The highest BCUT2D eigenvalue weighted by Crippen LogP contribution is 2.26. The van der Waals surface area contributed by atoms with E-state index in [0.717, 1.165) is 24.3 Å². The Hall–Kier alpha value is -0.810. The van der Waals surface area contributed by atoms with Crippen molar-refractivity contribution in [1.82, 2.24) is 0 Å². The Labute approximate surface area is 114 Å². The predicted molar refractivity (Wildman–Crippen MR) is 75.3 cm³/mol. The zero-order valence-electron chi connectivity index (χ0n) is 11.0. The first-order valence-electron chi connectivity index (χ1n) is 5.94. The highest BCUT2D eigenvalue weighted by atomic mass is 35.5. The molecule has 0 saturated carbocycles. The lowest BCUT2D eigenvalue weighted by Crippen LogP contribution is -2.30. The van der Waals surface area contributed by atoms with E-state index in [4.69, 9.17) is 26.8 Å². The summed E-state index contributed by atoms with van der Waals surface area (Å²) < 4.78 is 10.2. The molecular formula is C13H21ClN2O2. The number of hydrogen-bond donors (Lipinski definition) is 1. The summed E-state index contributed by atoms with van der Waals surface area (Å²) in [4.78, 5) is 2.15. The molecule has 0 aliphatic carbocycles. The van der Waals surface area contributed by atoms with Gasteiger partial charge in [-0.25, -0.2) is 0 Å². The van der Waals surface area contributed by atoms with Gasteiger partial charge in [-0.05, 0) is 17.7 Å². The second-order valence-corrected chi connectivity index (χ2v) is 4.37. The topological polar surface area (TPSA) is 47.7 Å². The number of anilines is 1. The average molecular weight is 273 g/mol. The minimum atomic E-state index is 0.496. The van der Waals surface area contributed by atoms with Crippen molar-refractivity contribution in [3.8, 4) is 0 Å². The molecule has 0 spiro atoms. The Morgan fingerprint density at radius 3 is 2.22 bits per heavy atom. The molecule has 1 aromatic carbocycles. The standard InChI is InChI=1S/C13H21ClN2O2/c1-17-7-5-16(6-8-18-2)13-4-3-11(10-15)9-12(13)14/h3-4,9H,5-8,10,15H2,1-2H3. The van der Waals surface area contributed by atoms with E-state index in [1.165, 1.54) is 0 Å². The average Bonchev–Trinajstić information content (AvgIpc) is 2.39. The van der Waals surface area contributed by atoms with E-state index in [2.05, 4.69) is 4.90 Å². The maximum Gasteiger partial charge on any atom is 0.0642 e. The lowest BCUT2D eigenvalue weighted by Gasteiger charge is -2.25. The van der Waals surface area contributed by atoms with E-state index in [1.807, 2.05) is 18.2 Å². The number of nitrogens with two attached hydrogens (primary N) is 1. The molecular weight excluding hydrogens is 252 g/mol. The first-order valence-corrected chi connectivity index (χ1v) is 6.32. The Kier molecular flexibility index (Phi) is 7.05. The van der Waals surface area contributed by atoms with Crippen molar-refractivity contribution in [2.24, 2.45) is 5.73 Å². The Morgan fingerprint density at radius 1 is 1.17 bits per heavy atom. The number of methoxy groups -OCH3 is 2. The van der Waals surface area contributed by atoms with E-state index in [0.29, 0.717) is 24.8 Å². The molecule has 0 radical (unpaired) electrons. The molecule has 1 aromatic rings. The summed E-state index contributed by atoms with van der Waals surface area (Å²) in [5.74, 6) is 0. The minimum absolute atomic E-state index is 0.496. The Bertz CT molecular complexity index is 353.